The number of benzene rings is 3. The average molecular weight is 457 g/mol. The van der Waals surface area contributed by atoms with Crippen LogP contribution in [0.5, 0.6) is 0 Å². The van der Waals surface area contributed by atoms with Crippen LogP contribution in [0, 0.1) is 20.8 Å². The lowest BCUT2D eigenvalue weighted by molar-refractivity contribution is 0.0984. The Hall–Kier alpha value is -3.63. The molecule has 0 aliphatic rings. The largest absolute Gasteiger partial charge is 0.358 e. The van der Waals surface area contributed by atoms with Crippen molar-refractivity contribution in [3.05, 3.63) is 122 Å². The van der Waals surface area contributed by atoms with E-state index in [9.17, 15) is 9.59 Å². The number of aryl methyl sites for hydroxylation is 2. The van der Waals surface area contributed by atoms with Gasteiger partial charge < -0.3 is 9.88 Å². The second-order valence-electron chi connectivity index (χ2n) is 8.17. The Bertz CT molecular complexity index is 1380. The van der Waals surface area contributed by atoms with Crippen LogP contribution in [0.25, 0.3) is 11.3 Å². The number of nitrogens with one attached hydrogen (secondary N) is 1. The van der Waals surface area contributed by atoms with Crippen molar-refractivity contribution < 1.29 is 4.79 Å². The molecule has 0 atom stereocenters. The molecule has 1 heterocycles. The number of hydrogen-bond donors (Lipinski definition) is 1. The van der Waals surface area contributed by atoms with Crippen LogP contribution in [0.4, 0.5) is 5.69 Å². The van der Waals surface area contributed by atoms with Crippen LogP contribution < -0.4 is 10.3 Å². The summed E-state index contributed by atoms with van der Waals surface area (Å²) in [7, 11) is 0. The van der Waals surface area contributed by atoms with E-state index in [1.165, 1.54) is 6.07 Å². The molecule has 4 rings (SSSR count). The summed E-state index contributed by atoms with van der Waals surface area (Å²) in [4.78, 5) is 32.2. The van der Waals surface area contributed by atoms with Crippen LogP contribution in [0.1, 0.15) is 32.7 Å². The summed E-state index contributed by atoms with van der Waals surface area (Å²) in [6.07, 6.45) is 0. The first-order valence-electron chi connectivity index (χ1n) is 10.8. The maximum absolute atomic E-state index is 14.1. The molecule has 0 aliphatic heterocycles. The Kier molecular flexibility index (Phi) is 6.47. The van der Waals surface area contributed by atoms with E-state index in [1.54, 1.807) is 30.0 Å². The minimum Gasteiger partial charge on any atom is -0.358 e. The monoisotopic (exact) mass is 456 g/mol. The molecule has 166 valence electrons. The summed E-state index contributed by atoms with van der Waals surface area (Å²) < 4.78 is 0. The normalized spacial score (nSPS) is 10.8. The number of amides is 1. The Morgan fingerprint density at radius 3 is 2.36 bits per heavy atom. The molecule has 33 heavy (non-hydrogen) atoms. The molecule has 4 aromatic rings. The van der Waals surface area contributed by atoms with E-state index in [-0.39, 0.29) is 16.9 Å². The summed E-state index contributed by atoms with van der Waals surface area (Å²) in [5, 5.41) is 0.531. The van der Waals surface area contributed by atoms with Gasteiger partial charge in [0.15, 0.2) is 5.43 Å². The number of aromatic amines is 1. The van der Waals surface area contributed by atoms with Crippen LogP contribution in [0.3, 0.4) is 0 Å². The second kappa shape index (κ2) is 9.47. The van der Waals surface area contributed by atoms with Gasteiger partial charge >= 0.3 is 0 Å². The van der Waals surface area contributed by atoms with E-state index < -0.39 is 0 Å². The molecule has 0 fully saturated rings. The number of carbonyl (C=O) groups is 1. The van der Waals surface area contributed by atoms with Gasteiger partial charge in [0.1, 0.15) is 5.56 Å². The minimum atomic E-state index is -0.358. The molecule has 0 bridgehead atoms. The molecule has 5 heteroatoms. The van der Waals surface area contributed by atoms with Crippen LogP contribution in [-0.4, -0.2) is 10.9 Å². The Morgan fingerprint density at radius 1 is 0.909 bits per heavy atom. The van der Waals surface area contributed by atoms with Crippen molar-refractivity contribution in [1.82, 2.24) is 4.98 Å². The zero-order valence-electron chi connectivity index (χ0n) is 18.9. The van der Waals surface area contributed by atoms with Crippen molar-refractivity contribution in [2.45, 2.75) is 27.3 Å². The lowest BCUT2D eigenvalue weighted by atomic mass is 10.0. The number of pyridine rings is 1. The molecule has 1 amide bonds. The standard InChI is InChI=1S/C28H25ClN2O2/c1-18-9-7-14-24(20(18)3)31(17-21-10-5-4-6-11-21)28(33)26-25(32)15-19(2)30-27(26)22-12-8-13-23(29)16-22/h4-16H,17H2,1-3H3,(H,30,32). The Balaban J connectivity index is 1.91. The zero-order valence-corrected chi connectivity index (χ0v) is 19.6. The van der Waals surface area contributed by atoms with E-state index in [1.807, 2.05) is 68.4 Å². The average Bonchev–Trinajstić information content (AvgIpc) is 2.79. The van der Waals surface area contributed by atoms with Gasteiger partial charge in [-0.25, -0.2) is 0 Å². The second-order valence-corrected chi connectivity index (χ2v) is 8.61. The van der Waals surface area contributed by atoms with Crippen molar-refractivity contribution in [3.63, 3.8) is 0 Å². The van der Waals surface area contributed by atoms with Crippen LogP contribution in [0.2, 0.25) is 5.02 Å². The third-order valence-corrected chi connectivity index (χ3v) is 6.02. The molecule has 0 saturated carbocycles. The van der Waals surface area contributed by atoms with E-state index in [0.717, 1.165) is 22.4 Å². The maximum Gasteiger partial charge on any atom is 0.264 e. The first-order valence-corrected chi connectivity index (χ1v) is 11.1. The van der Waals surface area contributed by atoms with Crippen LogP contribution in [-0.2, 0) is 6.54 Å². The number of nitrogens with zero attached hydrogens (tertiary/aromatic N) is 1. The fraction of sp³-hybridized carbons (Fsp3) is 0.143. The Morgan fingerprint density at radius 2 is 1.64 bits per heavy atom. The van der Waals surface area contributed by atoms with E-state index in [4.69, 9.17) is 11.6 Å². The molecule has 1 N–H and O–H groups in total. The first kappa shape index (κ1) is 22.6. The summed E-state index contributed by atoms with van der Waals surface area (Å²) in [6, 6.07) is 24.3. The van der Waals surface area contributed by atoms with Crippen molar-refractivity contribution in [3.8, 4) is 11.3 Å². The molecule has 3 aromatic carbocycles. The van der Waals surface area contributed by atoms with Gasteiger partial charge in [-0.2, -0.15) is 0 Å². The number of hydrogen-bond acceptors (Lipinski definition) is 2. The highest BCUT2D eigenvalue weighted by Crippen LogP contribution is 2.29. The molecule has 0 radical (unpaired) electrons. The van der Waals surface area contributed by atoms with Crippen molar-refractivity contribution in [1.29, 1.82) is 0 Å². The van der Waals surface area contributed by atoms with Gasteiger partial charge in [-0.3, -0.25) is 9.59 Å². The molecule has 0 aliphatic carbocycles. The number of halogens is 1. The van der Waals surface area contributed by atoms with E-state index in [0.29, 0.717) is 28.5 Å². The van der Waals surface area contributed by atoms with Gasteiger partial charge in [-0.1, -0.05) is 66.2 Å². The Labute approximate surface area is 198 Å². The third kappa shape index (κ3) is 4.76. The molecule has 4 nitrogen and oxygen atoms in total. The maximum atomic E-state index is 14.1. The van der Waals surface area contributed by atoms with Gasteiger partial charge in [0.05, 0.1) is 12.2 Å². The summed E-state index contributed by atoms with van der Waals surface area (Å²) in [6.45, 7) is 6.15. The van der Waals surface area contributed by atoms with Gasteiger partial charge in [0, 0.05) is 28.0 Å². The fourth-order valence-corrected chi connectivity index (χ4v) is 4.15. The van der Waals surface area contributed by atoms with Crippen LogP contribution in [0.15, 0.2) is 83.7 Å². The highest BCUT2D eigenvalue weighted by Gasteiger charge is 2.26. The number of carbonyl (C=O) groups excluding carboxylic acids is 1. The fourth-order valence-electron chi connectivity index (χ4n) is 3.96. The van der Waals surface area contributed by atoms with Crippen LogP contribution >= 0.6 is 11.6 Å². The molecular weight excluding hydrogens is 432 g/mol. The number of H-pyrrole nitrogens is 1. The highest BCUT2D eigenvalue weighted by molar-refractivity contribution is 6.30. The topological polar surface area (TPSA) is 53.2 Å². The zero-order chi connectivity index (χ0) is 23.5. The summed E-state index contributed by atoms with van der Waals surface area (Å²) in [5.41, 5.74) is 5.42. The molecule has 0 spiro atoms. The van der Waals surface area contributed by atoms with Gasteiger partial charge in [0.25, 0.3) is 5.91 Å². The van der Waals surface area contributed by atoms with Crippen molar-refractivity contribution in [2.75, 3.05) is 4.90 Å². The quantitative estimate of drug-likeness (QED) is 0.374. The molecular formula is C28H25ClN2O2. The van der Waals surface area contributed by atoms with E-state index in [2.05, 4.69) is 4.98 Å². The number of aromatic nitrogens is 1. The van der Waals surface area contributed by atoms with Gasteiger partial charge in [-0.15, -0.1) is 0 Å². The molecule has 1 aromatic heterocycles. The predicted octanol–water partition coefficient (Wildman–Crippen LogP) is 6.47. The van der Waals surface area contributed by atoms with Crippen molar-refractivity contribution >= 4 is 23.2 Å². The third-order valence-electron chi connectivity index (χ3n) is 5.79. The SMILES string of the molecule is Cc1cc(=O)c(C(=O)N(Cc2ccccc2)c2cccc(C)c2C)c(-c2cccc(Cl)c2)[nH]1. The lowest BCUT2D eigenvalue weighted by Gasteiger charge is -2.26. The summed E-state index contributed by atoms with van der Waals surface area (Å²) >= 11 is 6.22. The first-order chi connectivity index (χ1) is 15.8. The summed E-state index contributed by atoms with van der Waals surface area (Å²) in [5.74, 6) is -0.358. The lowest BCUT2D eigenvalue weighted by Crippen LogP contribution is -2.35. The smallest absolute Gasteiger partial charge is 0.264 e. The minimum absolute atomic E-state index is 0.0969. The number of rotatable bonds is 5. The number of anilines is 1. The van der Waals surface area contributed by atoms with Crippen molar-refractivity contribution in [2.24, 2.45) is 0 Å². The van der Waals surface area contributed by atoms with Gasteiger partial charge in [0.2, 0.25) is 0 Å². The molecule has 0 unspecified atom stereocenters. The highest BCUT2D eigenvalue weighted by atomic mass is 35.5. The van der Waals surface area contributed by atoms with Gasteiger partial charge in [-0.05, 0) is 55.7 Å². The van der Waals surface area contributed by atoms with E-state index >= 15 is 0 Å². The predicted molar refractivity (Wildman–Crippen MR) is 135 cm³/mol. The molecule has 0 saturated heterocycles.